The fourth-order valence-corrected chi connectivity index (χ4v) is 3.02. The van der Waals surface area contributed by atoms with Crippen LogP contribution in [0, 0.1) is 6.92 Å². The van der Waals surface area contributed by atoms with Gasteiger partial charge in [-0.15, -0.1) is 11.8 Å². The summed E-state index contributed by atoms with van der Waals surface area (Å²) in [5.41, 5.74) is 2.12. The lowest BCUT2D eigenvalue weighted by Gasteiger charge is -2.00. The second-order valence-corrected chi connectivity index (χ2v) is 5.97. The molecule has 1 aromatic heterocycles. The molecule has 0 unspecified atom stereocenters. The maximum atomic E-state index is 6.12. The maximum absolute atomic E-state index is 6.12. The molecule has 0 fully saturated rings. The van der Waals surface area contributed by atoms with Gasteiger partial charge in [-0.05, 0) is 24.6 Å². The maximum Gasteiger partial charge on any atom is 0.237 e. The summed E-state index contributed by atoms with van der Waals surface area (Å²) in [6, 6.07) is 15.7. The fraction of sp³-hybridized carbons (Fsp3) is 0.125. The van der Waals surface area contributed by atoms with Gasteiger partial charge in [-0.25, -0.2) is 0 Å². The van der Waals surface area contributed by atoms with Crippen molar-refractivity contribution in [2.75, 3.05) is 0 Å². The van der Waals surface area contributed by atoms with Gasteiger partial charge in [0, 0.05) is 10.5 Å². The number of halogens is 1. The highest BCUT2D eigenvalue weighted by atomic mass is 35.5. The number of rotatable bonds is 4. The first-order valence-corrected chi connectivity index (χ1v) is 7.86. The normalized spacial score (nSPS) is 10.8. The highest BCUT2D eigenvalue weighted by Gasteiger charge is 2.11. The van der Waals surface area contributed by atoms with Crippen molar-refractivity contribution in [1.29, 1.82) is 0 Å². The van der Waals surface area contributed by atoms with Crippen LogP contribution in [0.15, 0.2) is 57.9 Å². The number of aryl methyl sites for hydroxylation is 1. The zero-order chi connectivity index (χ0) is 14.7. The quantitative estimate of drug-likeness (QED) is 0.636. The third-order valence-electron chi connectivity index (χ3n) is 3.04. The van der Waals surface area contributed by atoms with E-state index in [2.05, 4.69) is 10.1 Å². The molecule has 0 aliphatic carbocycles. The molecule has 0 saturated heterocycles. The van der Waals surface area contributed by atoms with Crippen molar-refractivity contribution in [3.63, 3.8) is 0 Å². The number of thioether (sulfide) groups is 1. The minimum absolute atomic E-state index is 0.596. The Labute approximate surface area is 132 Å². The van der Waals surface area contributed by atoms with Crippen LogP contribution in [0.5, 0.6) is 0 Å². The average Bonchev–Trinajstić information content (AvgIpc) is 2.96. The van der Waals surface area contributed by atoms with Gasteiger partial charge in [0.1, 0.15) is 0 Å². The van der Waals surface area contributed by atoms with E-state index in [1.165, 1.54) is 0 Å². The van der Waals surface area contributed by atoms with E-state index in [0.29, 0.717) is 17.5 Å². The lowest BCUT2D eigenvalue weighted by Crippen LogP contribution is -1.86. The van der Waals surface area contributed by atoms with Crippen LogP contribution < -0.4 is 0 Å². The Morgan fingerprint density at radius 3 is 2.67 bits per heavy atom. The Hall–Kier alpha value is -1.78. The topological polar surface area (TPSA) is 38.9 Å². The van der Waals surface area contributed by atoms with Crippen molar-refractivity contribution in [2.45, 2.75) is 17.6 Å². The number of hydrogen-bond donors (Lipinski definition) is 0. The van der Waals surface area contributed by atoms with E-state index in [4.69, 9.17) is 16.1 Å². The Bertz CT molecular complexity index is 757. The highest BCUT2D eigenvalue weighted by Crippen LogP contribution is 2.29. The van der Waals surface area contributed by atoms with Crippen LogP contribution in [0.1, 0.15) is 11.5 Å². The van der Waals surface area contributed by atoms with E-state index in [9.17, 15) is 0 Å². The minimum atomic E-state index is 0.596. The number of benzene rings is 2. The third-order valence-corrected chi connectivity index (χ3v) is 4.54. The first-order chi connectivity index (χ1) is 10.2. The minimum Gasteiger partial charge on any atom is -0.338 e. The van der Waals surface area contributed by atoms with Crippen molar-refractivity contribution >= 4 is 23.4 Å². The summed E-state index contributed by atoms with van der Waals surface area (Å²) < 4.78 is 5.31. The Balaban J connectivity index is 1.74. The summed E-state index contributed by atoms with van der Waals surface area (Å²) in [6.45, 7) is 2.03. The van der Waals surface area contributed by atoms with Crippen molar-refractivity contribution in [1.82, 2.24) is 10.1 Å². The Morgan fingerprint density at radius 1 is 1.10 bits per heavy atom. The van der Waals surface area contributed by atoms with Crippen molar-refractivity contribution < 1.29 is 4.52 Å². The second-order valence-electron chi connectivity index (χ2n) is 4.55. The summed E-state index contributed by atoms with van der Waals surface area (Å²) in [5.74, 6) is 1.82. The van der Waals surface area contributed by atoms with Gasteiger partial charge >= 0.3 is 0 Å². The summed E-state index contributed by atoms with van der Waals surface area (Å²) in [4.78, 5) is 5.45. The molecule has 0 radical (unpaired) electrons. The van der Waals surface area contributed by atoms with Gasteiger partial charge in [0.25, 0.3) is 0 Å². The predicted octanol–water partition coefficient (Wildman–Crippen LogP) is 4.99. The Kier molecular flexibility index (Phi) is 4.27. The molecule has 2 aromatic carbocycles. The van der Waals surface area contributed by atoms with E-state index in [1.807, 2.05) is 55.5 Å². The SMILES string of the molecule is Cc1ccccc1-c1noc(CSc2ccccc2Cl)n1. The predicted molar refractivity (Wildman–Crippen MR) is 85.5 cm³/mol. The summed E-state index contributed by atoms with van der Waals surface area (Å²) in [7, 11) is 0. The Morgan fingerprint density at radius 2 is 1.86 bits per heavy atom. The standard InChI is InChI=1S/C16H13ClN2OS/c1-11-6-2-3-7-12(11)16-18-15(20-19-16)10-21-14-9-5-4-8-13(14)17/h2-9H,10H2,1H3. The van der Waals surface area contributed by atoms with E-state index >= 15 is 0 Å². The molecule has 0 saturated carbocycles. The summed E-state index contributed by atoms with van der Waals surface area (Å²) in [6.07, 6.45) is 0. The number of nitrogens with zero attached hydrogens (tertiary/aromatic N) is 2. The van der Waals surface area contributed by atoms with Gasteiger partial charge in [-0.3, -0.25) is 0 Å². The van der Waals surface area contributed by atoms with Gasteiger partial charge < -0.3 is 4.52 Å². The molecule has 1 heterocycles. The molecule has 0 spiro atoms. The highest BCUT2D eigenvalue weighted by molar-refractivity contribution is 7.98. The molecule has 0 amide bonds. The van der Waals surface area contributed by atoms with E-state index in [0.717, 1.165) is 21.0 Å². The molecule has 3 rings (SSSR count). The molecular weight excluding hydrogens is 304 g/mol. The van der Waals surface area contributed by atoms with Crippen LogP contribution in [-0.2, 0) is 5.75 Å². The van der Waals surface area contributed by atoms with Crippen LogP contribution in [-0.4, -0.2) is 10.1 Å². The first kappa shape index (κ1) is 14.2. The smallest absolute Gasteiger partial charge is 0.237 e. The van der Waals surface area contributed by atoms with Gasteiger partial charge in [-0.2, -0.15) is 4.98 Å². The molecular formula is C16H13ClN2OS. The summed E-state index contributed by atoms with van der Waals surface area (Å²) in [5, 5.41) is 4.79. The van der Waals surface area contributed by atoms with E-state index < -0.39 is 0 Å². The molecule has 0 aliphatic rings. The van der Waals surface area contributed by atoms with E-state index in [-0.39, 0.29) is 0 Å². The van der Waals surface area contributed by atoms with Crippen molar-refractivity contribution in [2.24, 2.45) is 0 Å². The van der Waals surface area contributed by atoms with Crippen LogP contribution in [0.2, 0.25) is 5.02 Å². The lowest BCUT2D eigenvalue weighted by molar-refractivity contribution is 0.391. The van der Waals surface area contributed by atoms with Crippen LogP contribution in [0.25, 0.3) is 11.4 Å². The number of hydrogen-bond acceptors (Lipinski definition) is 4. The monoisotopic (exact) mass is 316 g/mol. The average molecular weight is 317 g/mol. The molecule has 0 N–H and O–H groups in total. The summed E-state index contributed by atoms with van der Waals surface area (Å²) >= 11 is 7.71. The van der Waals surface area contributed by atoms with Crippen molar-refractivity contribution in [3.8, 4) is 11.4 Å². The molecule has 3 nitrogen and oxygen atoms in total. The van der Waals surface area contributed by atoms with Crippen LogP contribution in [0.3, 0.4) is 0 Å². The molecule has 0 atom stereocenters. The van der Waals surface area contributed by atoms with E-state index in [1.54, 1.807) is 11.8 Å². The zero-order valence-corrected chi connectivity index (χ0v) is 13.0. The lowest BCUT2D eigenvalue weighted by atomic mass is 10.1. The third kappa shape index (κ3) is 3.28. The van der Waals surface area contributed by atoms with Crippen molar-refractivity contribution in [3.05, 3.63) is 65.0 Å². The number of aromatic nitrogens is 2. The molecule has 21 heavy (non-hydrogen) atoms. The van der Waals surface area contributed by atoms with Crippen LogP contribution in [0.4, 0.5) is 0 Å². The largest absolute Gasteiger partial charge is 0.338 e. The van der Waals surface area contributed by atoms with Gasteiger partial charge in [0.05, 0.1) is 10.8 Å². The van der Waals surface area contributed by atoms with Crippen LogP contribution >= 0.6 is 23.4 Å². The second kappa shape index (κ2) is 6.33. The molecule has 106 valence electrons. The zero-order valence-electron chi connectivity index (χ0n) is 11.4. The van der Waals surface area contributed by atoms with Gasteiger partial charge in [0.15, 0.2) is 0 Å². The molecule has 5 heteroatoms. The van der Waals surface area contributed by atoms with Gasteiger partial charge in [-0.1, -0.05) is 53.2 Å². The fourth-order valence-electron chi connectivity index (χ4n) is 1.95. The molecule has 0 bridgehead atoms. The molecule has 3 aromatic rings. The van der Waals surface area contributed by atoms with Gasteiger partial charge in [0.2, 0.25) is 11.7 Å². The first-order valence-electron chi connectivity index (χ1n) is 6.50. The molecule has 0 aliphatic heterocycles.